The van der Waals surface area contributed by atoms with Crippen LogP contribution in [0.15, 0.2) is 71.6 Å². The van der Waals surface area contributed by atoms with Crippen LogP contribution in [-0.4, -0.2) is 44.3 Å². The van der Waals surface area contributed by atoms with E-state index in [0.717, 1.165) is 22.7 Å². The fraction of sp³-hybridized carbons (Fsp3) is 0.333. The molecule has 3 aromatic rings. The Hall–Kier alpha value is -3.43. The number of amides is 2. The van der Waals surface area contributed by atoms with E-state index in [-0.39, 0.29) is 23.0 Å². The zero-order valence-electron chi connectivity index (χ0n) is 23.2. The highest BCUT2D eigenvalue weighted by atomic mass is 35.5. The third kappa shape index (κ3) is 7.61. The van der Waals surface area contributed by atoms with Gasteiger partial charge in [-0.2, -0.15) is 0 Å². The van der Waals surface area contributed by atoms with Crippen LogP contribution in [-0.2, 0) is 26.2 Å². The van der Waals surface area contributed by atoms with E-state index >= 15 is 0 Å². The molecule has 0 aliphatic rings. The molecule has 0 aliphatic heterocycles. The van der Waals surface area contributed by atoms with E-state index < -0.39 is 34.3 Å². The maximum atomic E-state index is 13.9. The summed E-state index contributed by atoms with van der Waals surface area (Å²) in [5, 5.41) is 3.18. The molecule has 40 heavy (non-hydrogen) atoms. The van der Waals surface area contributed by atoms with Gasteiger partial charge in [0, 0.05) is 18.1 Å². The molecule has 3 aromatic carbocycles. The summed E-state index contributed by atoms with van der Waals surface area (Å²) in [7, 11) is -4.20. The molecule has 7 nitrogen and oxygen atoms in total. The summed E-state index contributed by atoms with van der Waals surface area (Å²) in [6, 6.07) is 15.9. The second-order valence-electron chi connectivity index (χ2n) is 9.68. The quantitative estimate of drug-likeness (QED) is 0.279. The standard InChI is InChI=1S/C30H35ClFN3O4S/c1-5-6-18-33-30(37)23(4)34(19-24-12-14-25(32)15-13-24)29(36)20-35(28-9-7-8-27(31)22(28)3)40(38,39)26-16-10-21(2)11-17-26/h7-17,23H,5-6,18-20H2,1-4H3,(H,33,37)/t23-/m1/s1. The summed E-state index contributed by atoms with van der Waals surface area (Å²) >= 11 is 6.35. The molecule has 0 saturated carbocycles. The van der Waals surface area contributed by atoms with Crippen molar-refractivity contribution in [1.29, 1.82) is 0 Å². The monoisotopic (exact) mass is 587 g/mol. The fourth-order valence-corrected chi connectivity index (χ4v) is 5.76. The Morgan fingerprint density at radius 3 is 2.27 bits per heavy atom. The lowest BCUT2D eigenvalue weighted by molar-refractivity contribution is -0.139. The lowest BCUT2D eigenvalue weighted by Gasteiger charge is -2.32. The second-order valence-corrected chi connectivity index (χ2v) is 11.9. The molecule has 0 fully saturated rings. The molecule has 3 rings (SSSR count). The smallest absolute Gasteiger partial charge is 0.264 e. The van der Waals surface area contributed by atoms with E-state index in [0.29, 0.717) is 22.7 Å². The first-order valence-corrected chi connectivity index (χ1v) is 14.9. The average molecular weight is 588 g/mol. The number of unbranched alkanes of at least 4 members (excludes halogenated alkanes) is 1. The molecule has 1 N–H and O–H groups in total. The number of rotatable bonds is 12. The van der Waals surface area contributed by atoms with Crippen molar-refractivity contribution in [3.63, 3.8) is 0 Å². The van der Waals surface area contributed by atoms with Crippen molar-refractivity contribution in [1.82, 2.24) is 10.2 Å². The van der Waals surface area contributed by atoms with Gasteiger partial charge in [0.2, 0.25) is 11.8 Å². The SMILES string of the molecule is CCCCNC(=O)[C@@H](C)N(Cc1ccc(F)cc1)C(=O)CN(c1cccc(Cl)c1C)S(=O)(=O)c1ccc(C)cc1. The van der Waals surface area contributed by atoms with Gasteiger partial charge in [0.25, 0.3) is 10.0 Å². The third-order valence-electron chi connectivity index (χ3n) is 6.66. The van der Waals surface area contributed by atoms with Gasteiger partial charge in [0.1, 0.15) is 18.4 Å². The van der Waals surface area contributed by atoms with Crippen LogP contribution in [0.4, 0.5) is 10.1 Å². The minimum atomic E-state index is -4.20. The number of carbonyl (C=O) groups excluding carboxylic acids is 2. The van der Waals surface area contributed by atoms with Crippen LogP contribution in [0.5, 0.6) is 0 Å². The summed E-state index contributed by atoms with van der Waals surface area (Å²) in [5.41, 5.74) is 2.22. The zero-order chi connectivity index (χ0) is 29.4. The number of sulfonamides is 1. The highest BCUT2D eigenvalue weighted by Crippen LogP contribution is 2.31. The van der Waals surface area contributed by atoms with Crippen LogP contribution in [0.3, 0.4) is 0 Å². The predicted octanol–water partition coefficient (Wildman–Crippen LogP) is 5.62. The maximum Gasteiger partial charge on any atom is 0.264 e. The Kier molecular flexibility index (Phi) is 10.7. The number of hydrogen-bond donors (Lipinski definition) is 1. The van der Waals surface area contributed by atoms with Gasteiger partial charge in [-0.25, -0.2) is 12.8 Å². The third-order valence-corrected chi connectivity index (χ3v) is 8.84. The van der Waals surface area contributed by atoms with E-state index in [1.807, 2.05) is 13.8 Å². The largest absolute Gasteiger partial charge is 0.354 e. The molecule has 1 atom stereocenters. The number of aryl methyl sites for hydroxylation is 1. The molecule has 2 amide bonds. The minimum absolute atomic E-state index is 0.0146. The molecule has 0 radical (unpaired) electrons. The molecule has 10 heteroatoms. The number of halogens is 2. The molecule has 214 valence electrons. The number of hydrogen-bond acceptors (Lipinski definition) is 4. The van der Waals surface area contributed by atoms with Crippen molar-refractivity contribution in [2.45, 2.75) is 58.0 Å². The first-order valence-electron chi connectivity index (χ1n) is 13.1. The van der Waals surface area contributed by atoms with Gasteiger partial charge in [-0.05, 0) is 74.7 Å². The molecule has 0 unspecified atom stereocenters. The second kappa shape index (κ2) is 13.8. The molecule has 0 saturated heterocycles. The average Bonchev–Trinajstić information content (AvgIpc) is 2.93. The fourth-order valence-electron chi connectivity index (χ4n) is 4.12. The first-order chi connectivity index (χ1) is 18.9. The van der Waals surface area contributed by atoms with Gasteiger partial charge in [0.05, 0.1) is 10.6 Å². The van der Waals surface area contributed by atoms with Crippen LogP contribution >= 0.6 is 11.6 Å². The number of benzene rings is 3. The van der Waals surface area contributed by atoms with Crippen LogP contribution in [0.2, 0.25) is 5.02 Å². The highest BCUT2D eigenvalue weighted by Gasteiger charge is 2.33. The van der Waals surface area contributed by atoms with Crippen molar-refractivity contribution in [2.24, 2.45) is 0 Å². The normalized spacial score (nSPS) is 12.1. The van der Waals surface area contributed by atoms with Crippen LogP contribution < -0.4 is 9.62 Å². The van der Waals surface area contributed by atoms with Gasteiger partial charge in [-0.15, -0.1) is 0 Å². The summed E-state index contributed by atoms with van der Waals surface area (Å²) in [5.74, 6) is -1.40. The van der Waals surface area contributed by atoms with Gasteiger partial charge < -0.3 is 10.2 Å². The molecular weight excluding hydrogens is 553 g/mol. The number of nitrogens with zero attached hydrogens (tertiary/aromatic N) is 2. The highest BCUT2D eigenvalue weighted by molar-refractivity contribution is 7.92. The van der Waals surface area contributed by atoms with Crippen LogP contribution in [0, 0.1) is 19.7 Å². The number of nitrogens with one attached hydrogen (secondary N) is 1. The van der Waals surface area contributed by atoms with Crippen molar-refractivity contribution >= 4 is 39.1 Å². The Balaban J connectivity index is 2.04. The summed E-state index contributed by atoms with van der Waals surface area (Å²) in [4.78, 5) is 28.3. The molecule has 0 spiro atoms. The van der Waals surface area contributed by atoms with Crippen LogP contribution in [0.1, 0.15) is 43.4 Å². The Morgan fingerprint density at radius 2 is 1.65 bits per heavy atom. The minimum Gasteiger partial charge on any atom is -0.354 e. The molecule has 0 bridgehead atoms. The topological polar surface area (TPSA) is 86.8 Å². The summed E-state index contributed by atoms with van der Waals surface area (Å²) in [6.45, 7) is 6.97. The first kappa shape index (κ1) is 31.1. The number of carbonyl (C=O) groups is 2. The Labute approximate surface area is 241 Å². The van der Waals surface area contributed by atoms with Gasteiger partial charge in [-0.1, -0.05) is 60.8 Å². The van der Waals surface area contributed by atoms with E-state index in [1.165, 1.54) is 41.3 Å². The van der Waals surface area contributed by atoms with Gasteiger partial charge in [-0.3, -0.25) is 13.9 Å². The van der Waals surface area contributed by atoms with Gasteiger partial charge in [0.15, 0.2) is 0 Å². The van der Waals surface area contributed by atoms with Crippen molar-refractivity contribution < 1.29 is 22.4 Å². The lowest BCUT2D eigenvalue weighted by atomic mass is 10.1. The van der Waals surface area contributed by atoms with E-state index in [4.69, 9.17) is 11.6 Å². The lowest BCUT2D eigenvalue weighted by Crippen LogP contribution is -2.51. The van der Waals surface area contributed by atoms with Gasteiger partial charge >= 0.3 is 0 Å². The van der Waals surface area contributed by atoms with E-state index in [1.54, 1.807) is 44.2 Å². The van der Waals surface area contributed by atoms with E-state index in [2.05, 4.69) is 5.32 Å². The Bertz CT molecular complexity index is 1430. The van der Waals surface area contributed by atoms with E-state index in [9.17, 15) is 22.4 Å². The molecule has 0 heterocycles. The number of anilines is 1. The van der Waals surface area contributed by atoms with Crippen molar-refractivity contribution in [2.75, 3.05) is 17.4 Å². The summed E-state index contributed by atoms with van der Waals surface area (Å²) in [6.07, 6.45) is 1.67. The van der Waals surface area contributed by atoms with Crippen LogP contribution in [0.25, 0.3) is 0 Å². The Morgan fingerprint density at radius 1 is 1.00 bits per heavy atom. The maximum absolute atomic E-state index is 13.9. The molecular formula is C30H35ClFN3O4S. The molecule has 0 aliphatic carbocycles. The predicted molar refractivity (Wildman–Crippen MR) is 156 cm³/mol. The van der Waals surface area contributed by atoms with Crippen molar-refractivity contribution in [3.8, 4) is 0 Å². The summed E-state index contributed by atoms with van der Waals surface area (Å²) < 4.78 is 42.5. The van der Waals surface area contributed by atoms with Crippen molar-refractivity contribution in [3.05, 3.63) is 94.3 Å². The zero-order valence-corrected chi connectivity index (χ0v) is 24.7. The molecule has 0 aromatic heterocycles.